The van der Waals surface area contributed by atoms with Crippen molar-refractivity contribution in [3.05, 3.63) is 70.7 Å². The Morgan fingerprint density at radius 1 is 1.08 bits per heavy atom. The summed E-state index contributed by atoms with van der Waals surface area (Å²) in [6.07, 6.45) is 1.89. The van der Waals surface area contributed by atoms with Crippen LogP contribution in [-0.2, 0) is 6.42 Å². The summed E-state index contributed by atoms with van der Waals surface area (Å²) in [6.45, 7) is 1.53. The van der Waals surface area contributed by atoms with E-state index in [2.05, 4.69) is 21.7 Å². The second-order valence-corrected chi connectivity index (χ2v) is 6.27. The fraction of sp³-hybridized carbons (Fsp3) is 0.350. The molecule has 1 atom stereocenters. The number of hydrogen-bond donors (Lipinski definition) is 3. The van der Waals surface area contributed by atoms with E-state index in [9.17, 15) is 5.11 Å². The molecule has 0 aliphatic carbocycles. The molecule has 2 aromatic carbocycles. The number of aliphatic hydroxyl groups is 1. The molecule has 3 N–H and O–H groups in total. The van der Waals surface area contributed by atoms with Crippen LogP contribution in [0.3, 0.4) is 0 Å². The quantitative estimate of drug-likeness (QED) is 0.230. The van der Waals surface area contributed by atoms with Gasteiger partial charge in [-0.3, -0.25) is 4.99 Å². The monoisotopic (exact) mass is 487 g/mol. The normalized spacial score (nSPS) is 12.2. The van der Waals surface area contributed by atoms with E-state index in [4.69, 9.17) is 11.6 Å². The van der Waals surface area contributed by atoms with E-state index in [0.717, 1.165) is 35.9 Å². The Hall–Kier alpha value is -1.31. The minimum absolute atomic E-state index is 0. The van der Waals surface area contributed by atoms with Gasteiger partial charge in [0.2, 0.25) is 0 Å². The van der Waals surface area contributed by atoms with Crippen LogP contribution in [0, 0.1) is 0 Å². The van der Waals surface area contributed by atoms with Gasteiger partial charge in [-0.15, -0.1) is 24.0 Å². The zero-order valence-corrected chi connectivity index (χ0v) is 18.1. The first kappa shape index (κ1) is 22.7. The largest absolute Gasteiger partial charge is 0.396 e. The van der Waals surface area contributed by atoms with E-state index in [1.54, 1.807) is 7.05 Å². The van der Waals surface area contributed by atoms with Gasteiger partial charge in [0.1, 0.15) is 0 Å². The Morgan fingerprint density at radius 3 is 2.42 bits per heavy atom. The number of aryl methyl sites for hydroxylation is 1. The molecule has 26 heavy (non-hydrogen) atoms. The summed E-state index contributed by atoms with van der Waals surface area (Å²) < 4.78 is 0. The van der Waals surface area contributed by atoms with Crippen molar-refractivity contribution < 1.29 is 5.11 Å². The number of nitrogens with zero attached hydrogens (tertiary/aromatic N) is 1. The first-order chi connectivity index (χ1) is 12.2. The number of halogens is 2. The first-order valence-corrected chi connectivity index (χ1v) is 8.96. The summed E-state index contributed by atoms with van der Waals surface area (Å²) in [4.78, 5) is 4.24. The van der Waals surface area contributed by atoms with Gasteiger partial charge in [0.05, 0.1) is 6.61 Å². The van der Waals surface area contributed by atoms with Crippen LogP contribution in [0.2, 0.25) is 5.02 Å². The van der Waals surface area contributed by atoms with E-state index in [0.29, 0.717) is 6.54 Å². The van der Waals surface area contributed by atoms with Gasteiger partial charge in [-0.1, -0.05) is 60.1 Å². The van der Waals surface area contributed by atoms with Gasteiger partial charge in [-0.2, -0.15) is 0 Å². The number of aliphatic imine (C=N–C) groups is 1. The summed E-state index contributed by atoms with van der Waals surface area (Å²) in [5, 5.41) is 17.0. The average Bonchev–Trinajstić information content (AvgIpc) is 2.66. The Morgan fingerprint density at radius 2 is 1.77 bits per heavy atom. The summed E-state index contributed by atoms with van der Waals surface area (Å²) >= 11 is 6.17. The second kappa shape index (κ2) is 12.9. The van der Waals surface area contributed by atoms with Crippen molar-refractivity contribution in [1.82, 2.24) is 10.6 Å². The fourth-order valence-corrected chi connectivity index (χ4v) is 2.87. The molecule has 6 heteroatoms. The minimum atomic E-state index is 0. The van der Waals surface area contributed by atoms with E-state index >= 15 is 0 Å². The molecule has 2 aromatic rings. The van der Waals surface area contributed by atoms with Gasteiger partial charge in [0.25, 0.3) is 0 Å². The average molecular weight is 488 g/mol. The molecular weight excluding hydrogens is 461 g/mol. The highest BCUT2D eigenvalue weighted by Gasteiger charge is 2.10. The van der Waals surface area contributed by atoms with Crippen LogP contribution >= 0.6 is 35.6 Å². The van der Waals surface area contributed by atoms with Gasteiger partial charge < -0.3 is 15.7 Å². The van der Waals surface area contributed by atoms with E-state index < -0.39 is 0 Å². The van der Waals surface area contributed by atoms with Crippen molar-refractivity contribution >= 4 is 41.5 Å². The number of nitrogens with one attached hydrogen (secondary N) is 2. The zero-order valence-electron chi connectivity index (χ0n) is 15.0. The molecule has 4 nitrogen and oxygen atoms in total. The van der Waals surface area contributed by atoms with Crippen LogP contribution in [0.15, 0.2) is 59.6 Å². The molecule has 0 radical (unpaired) electrons. The third-order valence-electron chi connectivity index (χ3n) is 4.10. The molecule has 0 heterocycles. The maximum Gasteiger partial charge on any atom is 0.190 e. The number of aliphatic hydroxyl groups excluding tert-OH is 1. The van der Waals surface area contributed by atoms with Crippen LogP contribution < -0.4 is 10.6 Å². The summed E-state index contributed by atoms with van der Waals surface area (Å²) in [7, 11) is 1.75. The highest BCUT2D eigenvalue weighted by atomic mass is 127. The number of benzene rings is 2. The smallest absolute Gasteiger partial charge is 0.190 e. The van der Waals surface area contributed by atoms with Crippen molar-refractivity contribution in [2.45, 2.75) is 18.8 Å². The lowest BCUT2D eigenvalue weighted by Crippen LogP contribution is -2.40. The van der Waals surface area contributed by atoms with Gasteiger partial charge in [-0.05, 0) is 30.0 Å². The lowest BCUT2D eigenvalue weighted by Gasteiger charge is -2.18. The summed E-state index contributed by atoms with van der Waals surface area (Å²) in [6, 6.07) is 17.9. The van der Waals surface area contributed by atoms with Crippen molar-refractivity contribution in [1.29, 1.82) is 0 Å². The number of hydrogen-bond acceptors (Lipinski definition) is 2. The molecule has 0 spiro atoms. The third-order valence-corrected chi connectivity index (χ3v) is 4.47. The summed E-state index contributed by atoms with van der Waals surface area (Å²) in [5.41, 5.74) is 2.28. The number of rotatable bonds is 8. The lowest BCUT2D eigenvalue weighted by molar-refractivity contribution is 0.265. The SMILES string of the molecule is CN=C(NCCCc1ccccc1Cl)NCC(CO)c1ccccc1.I. The Kier molecular flexibility index (Phi) is 11.3. The molecule has 1 unspecified atom stereocenters. The maximum absolute atomic E-state index is 9.62. The molecule has 0 aromatic heterocycles. The maximum atomic E-state index is 9.62. The van der Waals surface area contributed by atoms with Crippen molar-refractivity contribution in [2.75, 3.05) is 26.7 Å². The molecule has 142 valence electrons. The minimum Gasteiger partial charge on any atom is -0.396 e. The van der Waals surface area contributed by atoms with Crippen LogP contribution in [-0.4, -0.2) is 37.8 Å². The Labute approximate surface area is 178 Å². The lowest BCUT2D eigenvalue weighted by atomic mass is 10.0. The molecule has 0 aliphatic heterocycles. The molecule has 0 saturated carbocycles. The highest BCUT2D eigenvalue weighted by Crippen LogP contribution is 2.16. The van der Waals surface area contributed by atoms with Crippen LogP contribution in [0.4, 0.5) is 0 Å². The molecule has 0 fully saturated rings. The molecule has 0 saturated heterocycles. The standard InChI is InChI=1S/C20H26ClN3O.HI/c1-22-20(23-13-7-11-17-10-5-6-12-19(17)21)24-14-18(15-25)16-8-3-2-4-9-16;/h2-6,8-10,12,18,25H,7,11,13-15H2,1H3,(H2,22,23,24);1H. The molecule has 2 rings (SSSR count). The van der Waals surface area contributed by atoms with Crippen molar-refractivity contribution in [2.24, 2.45) is 4.99 Å². The highest BCUT2D eigenvalue weighted by molar-refractivity contribution is 14.0. The van der Waals surface area contributed by atoms with Gasteiger partial charge >= 0.3 is 0 Å². The van der Waals surface area contributed by atoms with Crippen LogP contribution in [0.25, 0.3) is 0 Å². The van der Waals surface area contributed by atoms with Crippen molar-refractivity contribution in [3.8, 4) is 0 Å². The molecule has 0 bridgehead atoms. The van der Waals surface area contributed by atoms with Gasteiger partial charge in [0.15, 0.2) is 5.96 Å². The molecule has 0 amide bonds. The fourth-order valence-electron chi connectivity index (χ4n) is 2.64. The van der Waals surface area contributed by atoms with Gasteiger partial charge in [0, 0.05) is 31.1 Å². The van der Waals surface area contributed by atoms with Crippen LogP contribution in [0.5, 0.6) is 0 Å². The van der Waals surface area contributed by atoms with Crippen LogP contribution in [0.1, 0.15) is 23.5 Å². The van der Waals surface area contributed by atoms with Crippen molar-refractivity contribution in [3.63, 3.8) is 0 Å². The predicted octanol–water partition coefficient (Wildman–Crippen LogP) is 3.83. The van der Waals surface area contributed by atoms with E-state index in [-0.39, 0.29) is 36.5 Å². The van der Waals surface area contributed by atoms with E-state index in [1.165, 1.54) is 5.56 Å². The molecular formula is C20H27ClIN3O. The predicted molar refractivity (Wildman–Crippen MR) is 121 cm³/mol. The second-order valence-electron chi connectivity index (χ2n) is 5.87. The third kappa shape index (κ3) is 7.51. The summed E-state index contributed by atoms with van der Waals surface area (Å²) in [5.74, 6) is 0.788. The van der Waals surface area contributed by atoms with E-state index in [1.807, 2.05) is 48.5 Å². The number of guanidine groups is 1. The first-order valence-electron chi connectivity index (χ1n) is 8.58. The Bertz CT molecular complexity index is 667. The van der Waals surface area contributed by atoms with Gasteiger partial charge in [-0.25, -0.2) is 0 Å². The zero-order chi connectivity index (χ0) is 17.9. The molecule has 0 aliphatic rings. The Balaban J connectivity index is 0.00000338. The topological polar surface area (TPSA) is 56.7 Å².